The third-order valence-corrected chi connectivity index (χ3v) is 4.37. The molecular weight excluding hydrogens is 230 g/mol. The van der Waals surface area contributed by atoms with Crippen molar-refractivity contribution in [3.8, 4) is 0 Å². The molecular formula is C18H17N. The summed E-state index contributed by atoms with van der Waals surface area (Å²) in [6.45, 7) is 3.34. The van der Waals surface area contributed by atoms with E-state index in [4.69, 9.17) is 0 Å². The van der Waals surface area contributed by atoms with E-state index in [0.29, 0.717) is 6.04 Å². The van der Waals surface area contributed by atoms with Gasteiger partial charge in [-0.1, -0.05) is 48.5 Å². The molecule has 1 N–H and O–H groups in total. The summed E-state index contributed by atoms with van der Waals surface area (Å²) in [5.74, 6) is 0. The van der Waals surface area contributed by atoms with Gasteiger partial charge in [0.15, 0.2) is 0 Å². The van der Waals surface area contributed by atoms with Crippen LogP contribution in [0, 0.1) is 0 Å². The molecule has 1 nitrogen and oxygen atoms in total. The van der Waals surface area contributed by atoms with Crippen LogP contribution in [0.2, 0.25) is 0 Å². The van der Waals surface area contributed by atoms with Crippen LogP contribution in [-0.4, -0.2) is 6.54 Å². The summed E-state index contributed by atoms with van der Waals surface area (Å²) in [5.41, 5.74) is 3.00. The first-order valence-electron chi connectivity index (χ1n) is 7.01. The van der Waals surface area contributed by atoms with Gasteiger partial charge in [0.05, 0.1) is 0 Å². The second-order valence-electron chi connectivity index (χ2n) is 5.44. The maximum atomic E-state index is 3.54. The van der Waals surface area contributed by atoms with Crippen molar-refractivity contribution in [2.24, 2.45) is 0 Å². The average molecular weight is 247 g/mol. The average Bonchev–Trinajstić information content (AvgIpc) is 2.47. The van der Waals surface area contributed by atoms with Crippen molar-refractivity contribution in [2.45, 2.75) is 19.4 Å². The Morgan fingerprint density at radius 2 is 1.74 bits per heavy atom. The van der Waals surface area contributed by atoms with Crippen molar-refractivity contribution >= 4 is 21.5 Å². The SMILES string of the molecule is CC1NCCc2c1ccc1c2ccc2ccccc21. The lowest BCUT2D eigenvalue weighted by Crippen LogP contribution is -2.27. The Labute approximate surface area is 113 Å². The molecule has 1 unspecified atom stereocenters. The Kier molecular flexibility index (Phi) is 2.36. The van der Waals surface area contributed by atoms with Crippen molar-refractivity contribution < 1.29 is 0 Å². The van der Waals surface area contributed by atoms with Crippen LogP contribution < -0.4 is 5.32 Å². The maximum absolute atomic E-state index is 3.54. The monoisotopic (exact) mass is 247 g/mol. The molecule has 3 aromatic carbocycles. The van der Waals surface area contributed by atoms with Gasteiger partial charge in [0.2, 0.25) is 0 Å². The highest BCUT2D eigenvalue weighted by molar-refractivity contribution is 6.08. The smallest absolute Gasteiger partial charge is 0.0294 e. The first kappa shape index (κ1) is 11.0. The van der Waals surface area contributed by atoms with E-state index >= 15 is 0 Å². The van der Waals surface area contributed by atoms with E-state index in [1.807, 2.05) is 0 Å². The lowest BCUT2D eigenvalue weighted by Gasteiger charge is -2.25. The van der Waals surface area contributed by atoms with Crippen LogP contribution in [0.15, 0.2) is 48.5 Å². The molecule has 1 atom stereocenters. The molecule has 1 aliphatic heterocycles. The molecule has 0 radical (unpaired) electrons. The number of nitrogens with one attached hydrogen (secondary N) is 1. The van der Waals surface area contributed by atoms with Crippen molar-refractivity contribution in [3.05, 3.63) is 59.7 Å². The zero-order valence-electron chi connectivity index (χ0n) is 11.1. The van der Waals surface area contributed by atoms with Gasteiger partial charge in [-0.15, -0.1) is 0 Å². The highest BCUT2D eigenvalue weighted by atomic mass is 14.9. The molecule has 0 saturated heterocycles. The van der Waals surface area contributed by atoms with E-state index in [-0.39, 0.29) is 0 Å². The summed E-state index contributed by atoms with van der Waals surface area (Å²) < 4.78 is 0. The van der Waals surface area contributed by atoms with Crippen LogP contribution in [-0.2, 0) is 6.42 Å². The summed E-state index contributed by atoms with van der Waals surface area (Å²) in [6.07, 6.45) is 1.13. The minimum absolute atomic E-state index is 0.472. The molecule has 4 rings (SSSR count). The fourth-order valence-electron chi connectivity index (χ4n) is 3.38. The van der Waals surface area contributed by atoms with Gasteiger partial charge in [-0.3, -0.25) is 0 Å². The van der Waals surface area contributed by atoms with E-state index in [1.165, 1.54) is 32.7 Å². The van der Waals surface area contributed by atoms with Crippen molar-refractivity contribution in [1.82, 2.24) is 5.32 Å². The lowest BCUT2D eigenvalue weighted by molar-refractivity contribution is 0.543. The molecule has 0 aromatic heterocycles. The summed E-state index contributed by atoms with van der Waals surface area (Å²) in [5, 5.41) is 9.07. The van der Waals surface area contributed by atoms with E-state index in [0.717, 1.165) is 13.0 Å². The van der Waals surface area contributed by atoms with Crippen molar-refractivity contribution in [1.29, 1.82) is 0 Å². The number of hydrogen-bond acceptors (Lipinski definition) is 1. The summed E-state index contributed by atoms with van der Waals surface area (Å²) in [7, 11) is 0. The topological polar surface area (TPSA) is 12.0 Å². The third kappa shape index (κ3) is 1.58. The molecule has 0 fully saturated rings. The molecule has 1 aliphatic rings. The first-order chi connectivity index (χ1) is 9.34. The summed E-state index contributed by atoms with van der Waals surface area (Å²) in [4.78, 5) is 0. The van der Waals surface area contributed by atoms with Gasteiger partial charge in [0.25, 0.3) is 0 Å². The molecule has 1 heteroatoms. The molecule has 0 saturated carbocycles. The van der Waals surface area contributed by atoms with Gasteiger partial charge >= 0.3 is 0 Å². The quantitative estimate of drug-likeness (QED) is 0.587. The van der Waals surface area contributed by atoms with Gasteiger partial charge in [-0.2, -0.15) is 0 Å². The largest absolute Gasteiger partial charge is 0.310 e. The zero-order chi connectivity index (χ0) is 12.8. The Bertz CT molecular complexity index is 773. The Hall–Kier alpha value is -1.86. The number of fused-ring (bicyclic) bond motifs is 5. The predicted octanol–water partition coefficient (Wildman–Crippen LogP) is 4.20. The van der Waals surface area contributed by atoms with E-state index in [1.54, 1.807) is 0 Å². The molecule has 0 bridgehead atoms. The fourth-order valence-corrected chi connectivity index (χ4v) is 3.38. The number of hydrogen-bond donors (Lipinski definition) is 1. The van der Waals surface area contributed by atoms with E-state index < -0.39 is 0 Å². The van der Waals surface area contributed by atoms with Crippen LogP contribution in [0.3, 0.4) is 0 Å². The second kappa shape index (κ2) is 4.07. The highest BCUT2D eigenvalue weighted by Crippen LogP contribution is 2.33. The highest BCUT2D eigenvalue weighted by Gasteiger charge is 2.18. The number of benzene rings is 3. The summed E-state index contributed by atoms with van der Waals surface area (Å²) >= 11 is 0. The normalized spacial score (nSPS) is 18.7. The molecule has 0 spiro atoms. The minimum Gasteiger partial charge on any atom is -0.310 e. The minimum atomic E-state index is 0.472. The Morgan fingerprint density at radius 3 is 2.68 bits per heavy atom. The van der Waals surface area contributed by atoms with Crippen LogP contribution in [0.4, 0.5) is 0 Å². The maximum Gasteiger partial charge on any atom is 0.0294 e. The molecule has 19 heavy (non-hydrogen) atoms. The Morgan fingerprint density at radius 1 is 0.895 bits per heavy atom. The number of rotatable bonds is 0. The van der Waals surface area contributed by atoms with Crippen molar-refractivity contribution in [3.63, 3.8) is 0 Å². The molecule has 3 aromatic rings. The fraction of sp³-hybridized carbons (Fsp3) is 0.222. The standard InChI is InChI=1S/C18H17N/c1-12-14-8-9-16-15-5-3-2-4-13(15)6-7-17(16)18(14)10-11-19-12/h2-9,12,19H,10-11H2,1H3. The summed E-state index contributed by atoms with van der Waals surface area (Å²) in [6, 6.07) is 18.3. The predicted molar refractivity (Wildman–Crippen MR) is 81.6 cm³/mol. The Balaban J connectivity index is 2.13. The lowest BCUT2D eigenvalue weighted by atomic mass is 9.89. The molecule has 0 amide bonds. The molecule has 1 heterocycles. The van der Waals surface area contributed by atoms with E-state index in [9.17, 15) is 0 Å². The van der Waals surface area contributed by atoms with Gasteiger partial charge in [-0.25, -0.2) is 0 Å². The van der Waals surface area contributed by atoms with Gasteiger partial charge < -0.3 is 5.32 Å². The zero-order valence-corrected chi connectivity index (χ0v) is 11.1. The van der Waals surface area contributed by atoms with Gasteiger partial charge in [0.1, 0.15) is 0 Å². The second-order valence-corrected chi connectivity index (χ2v) is 5.44. The molecule has 0 aliphatic carbocycles. The van der Waals surface area contributed by atoms with Crippen molar-refractivity contribution in [2.75, 3.05) is 6.54 Å². The van der Waals surface area contributed by atoms with Crippen LogP contribution in [0.1, 0.15) is 24.1 Å². The van der Waals surface area contributed by atoms with Crippen LogP contribution in [0.25, 0.3) is 21.5 Å². The molecule has 94 valence electrons. The van der Waals surface area contributed by atoms with Crippen LogP contribution in [0.5, 0.6) is 0 Å². The first-order valence-corrected chi connectivity index (χ1v) is 7.01. The van der Waals surface area contributed by atoms with Crippen LogP contribution >= 0.6 is 0 Å². The van der Waals surface area contributed by atoms with E-state index in [2.05, 4.69) is 60.8 Å². The third-order valence-electron chi connectivity index (χ3n) is 4.37. The van der Waals surface area contributed by atoms with Gasteiger partial charge in [-0.05, 0) is 52.6 Å². The van der Waals surface area contributed by atoms with Gasteiger partial charge in [0, 0.05) is 6.04 Å².